The van der Waals surface area contributed by atoms with Crippen molar-refractivity contribution in [2.45, 2.75) is 39.0 Å². The minimum atomic E-state index is 0.516. The minimum absolute atomic E-state index is 0.516. The smallest absolute Gasteiger partial charge is 0.144 e. The molecule has 78 valence electrons. The molecule has 1 aromatic heterocycles. The van der Waals surface area contributed by atoms with Gasteiger partial charge in [0.15, 0.2) is 0 Å². The number of nitriles is 1. The molecule has 0 amide bonds. The van der Waals surface area contributed by atoms with Gasteiger partial charge in [0, 0.05) is 11.6 Å². The molecular weight excluding hydrogens is 186 g/mol. The van der Waals surface area contributed by atoms with Gasteiger partial charge in [-0.3, -0.25) is 0 Å². The summed E-state index contributed by atoms with van der Waals surface area (Å²) in [5, 5.41) is 8.88. The third-order valence-electron chi connectivity index (χ3n) is 2.47. The second-order valence-electron chi connectivity index (χ2n) is 4.59. The Hall–Kier alpha value is -1.43. The Morgan fingerprint density at radius 2 is 2.20 bits per heavy atom. The largest absolute Gasteiger partial charge is 0.238 e. The Balaban J connectivity index is 2.29. The zero-order valence-electron chi connectivity index (χ0n) is 9.20. The maximum Gasteiger partial charge on any atom is 0.144 e. The van der Waals surface area contributed by atoms with Crippen molar-refractivity contribution in [1.29, 1.82) is 5.26 Å². The molecule has 0 aromatic carbocycles. The summed E-state index contributed by atoms with van der Waals surface area (Å²) in [4.78, 5) is 8.77. The highest BCUT2D eigenvalue weighted by Crippen LogP contribution is 2.38. The molecule has 1 heterocycles. The van der Waals surface area contributed by atoms with Gasteiger partial charge >= 0.3 is 0 Å². The lowest BCUT2D eigenvalue weighted by atomic mass is 10.1. The fourth-order valence-corrected chi connectivity index (χ4v) is 1.62. The minimum Gasteiger partial charge on any atom is -0.238 e. The molecule has 0 N–H and O–H groups in total. The number of nitrogens with zero attached hydrogens (tertiary/aromatic N) is 3. The van der Waals surface area contributed by atoms with Crippen molar-refractivity contribution >= 4 is 0 Å². The van der Waals surface area contributed by atoms with Crippen molar-refractivity contribution in [1.82, 2.24) is 9.97 Å². The number of hydrogen-bond donors (Lipinski definition) is 0. The molecule has 3 heteroatoms. The van der Waals surface area contributed by atoms with E-state index in [0.29, 0.717) is 17.5 Å². The van der Waals surface area contributed by atoms with Crippen LogP contribution in [-0.4, -0.2) is 9.97 Å². The average molecular weight is 201 g/mol. The summed E-state index contributed by atoms with van der Waals surface area (Å²) in [6.45, 7) is 4.32. The van der Waals surface area contributed by atoms with Crippen molar-refractivity contribution in [2.75, 3.05) is 0 Å². The molecule has 1 saturated carbocycles. The van der Waals surface area contributed by atoms with Gasteiger partial charge in [0.05, 0.1) is 0 Å². The van der Waals surface area contributed by atoms with E-state index in [0.717, 1.165) is 17.9 Å². The van der Waals surface area contributed by atoms with E-state index in [2.05, 4.69) is 29.9 Å². The van der Waals surface area contributed by atoms with Gasteiger partial charge in [-0.05, 0) is 31.2 Å². The molecule has 15 heavy (non-hydrogen) atoms. The van der Waals surface area contributed by atoms with Crippen LogP contribution in [0.3, 0.4) is 0 Å². The summed E-state index contributed by atoms with van der Waals surface area (Å²) >= 11 is 0. The molecule has 0 unspecified atom stereocenters. The molecule has 1 aliphatic carbocycles. The molecule has 1 fully saturated rings. The van der Waals surface area contributed by atoms with E-state index in [1.54, 1.807) is 0 Å². The van der Waals surface area contributed by atoms with Crippen LogP contribution < -0.4 is 0 Å². The van der Waals surface area contributed by atoms with Crippen molar-refractivity contribution in [3.63, 3.8) is 0 Å². The van der Waals surface area contributed by atoms with Gasteiger partial charge in [0.1, 0.15) is 17.6 Å². The van der Waals surface area contributed by atoms with E-state index < -0.39 is 0 Å². The quantitative estimate of drug-likeness (QED) is 0.754. The Kier molecular flexibility index (Phi) is 2.68. The first kappa shape index (κ1) is 10.1. The maximum absolute atomic E-state index is 8.88. The van der Waals surface area contributed by atoms with Crippen LogP contribution in [0, 0.1) is 17.2 Å². The molecule has 0 radical (unpaired) electrons. The highest BCUT2D eigenvalue weighted by atomic mass is 14.9. The molecule has 1 aliphatic rings. The van der Waals surface area contributed by atoms with Crippen molar-refractivity contribution in [3.05, 3.63) is 23.3 Å². The second kappa shape index (κ2) is 3.98. The Labute approximate surface area is 90.2 Å². The van der Waals surface area contributed by atoms with E-state index in [4.69, 9.17) is 5.26 Å². The average Bonchev–Trinajstić information content (AvgIpc) is 2.99. The van der Waals surface area contributed by atoms with Crippen molar-refractivity contribution < 1.29 is 0 Å². The fourth-order valence-electron chi connectivity index (χ4n) is 1.62. The summed E-state index contributed by atoms with van der Waals surface area (Å²) in [5.74, 6) is 1.97. The lowest BCUT2D eigenvalue weighted by molar-refractivity contribution is 0.629. The molecule has 0 spiro atoms. The third-order valence-corrected chi connectivity index (χ3v) is 2.47. The van der Waals surface area contributed by atoms with Crippen LogP contribution >= 0.6 is 0 Å². The molecular formula is C12H15N3. The summed E-state index contributed by atoms with van der Waals surface area (Å²) in [6, 6.07) is 3.92. The van der Waals surface area contributed by atoms with Crippen LogP contribution in [0.4, 0.5) is 0 Å². The predicted molar refractivity (Wildman–Crippen MR) is 57.3 cm³/mol. The Morgan fingerprint density at radius 1 is 1.47 bits per heavy atom. The number of aromatic nitrogens is 2. The van der Waals surface area contributed by atoms with Crippen LogP contribution in [0.25, 0.3) is 0 Å². The zero-order valence-corrected chi connectivity index (χ0v) is 9.20. The van der Waals surface area contributed by atoms with Crippen LogP contribution in [0.5, 0.6) is 0 Å². The molecule has 0 bridgehead atoms. The molecule has 0 saturated heterocycles. The van der Waals surface area contributed by atoms with Crippen LogP contribution in [0.15, 0.2) is 6.07 Å². The highest BCUT2D eigenvalue weighted by molar-refractivity contribution is 5.25. The molecule has 0 aliphatic heterocycles. The first-order valence-corrected chi connectivity index (χ1v) is 5.47. The van der Waals surface area contributed by atoms with Gasteiger partial charge in [-0.15, -0.1) is 0 Å². The Morgan fingerprint density at radius 3 is 2.73 bits per heavy atom. The standard InChI is InChI=1S/C12H15N3/c1-8(2)5-10-6-11(7-13)15-12(14-10)9-3-4-9/h6,8-9H,3-5H2,1-2H3. The summed E-state index contributed by atoms with van der Waals surface area (Å²) in [6.07, 6.45) is 3.28. The topological polar surface area (TPSA) is 49.6 Å². The number of hydrogen-bond acceptors (Lipinski definition) is 3. The fraction of sp³-hybridized carbons (Fsp3) is 0.583. The van der Waals surface area contributed by atoms with Crippen molar-refractivity contribution in [3.8, 4) is 6.07 Å². The van der Waals surface area contributed by atoms with E-state index in [9.17, 15) is 0 Å². The summed E-state index contributed by atoms with van der Waals surface area (Å²) < 4.78 is 0. The third kappa shape index (κ3) is 2.53. The van der Waals surface area contributed by atoms with E-state index in [-0.39, 0.29) is 0 Å². The predicted octanol–water partition coefficient (Wildman–Crippen LogP) is 2.42. The molecule has 3 nitrogen and oxygen atoms in total. The molecule has 2 rings (SSSR count). The van der Waals surface area contributed by atoms with Gasteiger partial charge in [0.25, 0.3) is 0 Å². The van der Waals surface area contributed by atoms with Crippen LogP contribution in [0.1, 0.15) is 49.8 Å². The summed E-state index contributed by atoms with van der Waals surface area (Å²) in [5.41, 5.74) is 1.53. The van der Waals surface area contributed by atoms with Gasteiger partial charge in [0.2, 0.25) is 0 Å². The lowest BCUT2D eigenvalue weighted by Crippen LogP contribution is -2.03. The van der Waals surface area contributed by atoms with Gasteiger partial charge in [-0.25, -0.2) is 9.97 Å². The Bertz CT molecular complexity index is 400. The maximum atomic E-state index is 8.88. The first-order valence-electron chi connectivity index (χ1n) is 5.47. The van der Waals surface area contributed by atoms with E-state index in [1.165, 1.54) is 12.8 Å². The van der Waals surface area contributed by atoms with Gasteiger partial charge in [-0.2, -0.15) is 5.26 Å². The molecule has 1 aromatic rings. The first-order chi connectivity index (χ1) is 7.19. The van der Waals surface area contributed by atoms with Gasteiger partial charge in [-0.1, -0.05) is 13.8 Å². The molecule has 0 atom stereocenters. The van der Waals surface area contributed by atoms with Crippen molar-refractivity contribution in [2.24, 2.45) is 5.92 Å². The monoisotopic (exact) mass is 201 g/mol. The second-order valence-corrected chi connectivity index (χ2v) is 4.59. The van der Waals surface area contributed by atoms with E-state index in [1.807, 2.05) is 6.07 Å². The SMILES string of the molecule is CC(C)Cc1cc(C#N)nc(C2CC2)n1. The lowest BCUT2D eigenvalue weighted by Gasteiger charge is -2.06. The van der Waals surface area contributed by atoms with Crippen LogP contribution in [-0.2, 0) is 6.42 Å². The summed E-state index contributed by atoms with van der Waals surface area (Å²) in [7, 11) is 0. The number of rotatable bonds is 3. The highest BCUT2D eigenvalue weighted by Gasteiger charge is 2.27. The zero-order chi connectivity index (χ0) is 10.8. The van der Waals surface area contributed by atoms with Gasteiger partial charge < -0.3 is 0 Å². The normalized spacial score (nSPS) is 15.3. The van der Waals surface area contributed by atoms with Crippen LogP contribution in [0.2, 0.25) is 0 Å². The van der Waals surface area contributed by atoms with E-state index >= 15 is 0 Å².